The van der Waals surface area contributed by atoms with Gasteiger partial charge in [-0.1, -0.05) is 25.4 Å². The fraction of sp³-hybridized carbons (Fsp3) is 0.632. The number of rotatable bonds is 5. The molecule has 1 aromatic heterocycles. The van der Waals surface area contributed by atoms with Crippen LogP contribution in [0.1, 0.15) is 46.1 Å². The number of anilines is 1. The van der Waals surface area contributed by atoms with Crippen LogP contribution in [-0.4, -0.2) is 41.5 Å². The van der Waals surface area contributed by atoms with Crippen LogP contribution in [0.2, 0.25) is 5.02 Å². The van der Waals surface area contributed by atoms with Crippen molar-refractivity contribution in [2.75, 3.05) is 18.0 Å². The predicted molar refractivity (Wildman–Crippen MR) is 105 cm³/mol. The number of hydrogen-bond acceptors (Lipinski definition) is 4. The fourth-order valence-corrected chi connectivity index (χ4v) is 3.27. The Hall–Kier alpha value is -2.03. The Balaban J connectivity index is 2.06. The molecule has 0 bridgehead atoms. The average molecular weight is 435 g/mol. The van der Waals surface area contributed by atoms with Gasteiger partial charge in [0.05, 0.1) is 10.6 Å². The molecule has 0 unspecified atom stereocenters. The maximum atomic E-state index is 12.8. The van der Waals surface area contributed by atoms with Crippen molar-refractivity contribution in [2.24, 2.45) is 5.92 Å². The number of hydrogen-bond donors (Lipinski definition) is 2. The van der Waals surface area contributed by atoms with Gasteiger partial charge in [0.25, 0.3) is 0 Å². The molecular formula is C19H26ClF3N4O2. The highest BCUT2D eigenvalue weighted by Crippen LogP contribution is 2.34. The number of piperidine rings is 1. The average Bonchev–Trinajstić information content (AvgIpc) is 2.60. The summed E-state index contributed by atoms with van der Waals surface area (Å²) in [6.45, 7) is 7.65. The zero-order valence-electron chi connectivity index (χ0n) is 16.9. The van der Waals surface area contributed by atoms with E-state index >= 15 is 0 Å². The van der Waals surface area contributed by atoms with Crippen LogP contribution in [0.5, 0.6) is 0 Å². The lowest BCUT2D eigenvalue weighted by Gasteiger charge is -2.36. The zero-order chi connectivity index (χ0) is 22.0. The molecule has 1 aromatic rings. The van der Waals surface area contributed by atoms with E-state index in [4.69, 9.17) is 11.6 Å². The number of nitrogens with one attached hydrogen (secondary N) is 2. The van der Waals surface area contributed by atoms with Gasteiger partial charge >= 0.3 is 6.18 Å². The summed E-state index contributed by atoms with van der Waals surface area (Å²) in [6.07, 6.45) is -2.34. The Morgan fingerprint density at radius 1 is 1.31 bits per heavy atom. The molecule has 2 amide bonds. The Morgan fingerprint density at radius 2 is 1.97 bits per heavy atom. The third-order valence-electron chi connectivity index (χ3n) is 4.73. The summed E-state index contributed by atoms with van der Waals surface area (Å²) in [4.78, 5) is 30.2. The standard InChI is InChI=1S/C19H26ClF3N4O2/c1-11(2)16(28)26-18(3,4)17(29)25-13-6-5-7-27(10-13)15-14(20)8-12(9-24-15)19(21,22)23/h8-9,11,13H,5-7,10H2,1-4H3,(H,25,29)(H,26,28)/t13-/m1/s1. The number of nitrogens with zero attached hydrogens (tertiary/aromatic N) is 2. The summed E-state index contributed by atoms with van der Waals surface area (Å²) in [6, 6.07) is 0.614. The smallest absolute Gasteiger partial charge is 0.353 e. The molecule has 2 N–H and O–H groups in total. The van der Waals surface area contributed by atoms with Crippen LogP contribution >= 0.6 is 11.6 Å². The Kier molecular flexibility index (Phi) is 7.03. The number of carbonyl (C=O) groups is 2. The van der Waals surface area contributed by atoms with Crippen molar-refractivity contribution in [1.82, 2.24) is 15.6 Å². The van der Waals surface area contributed by atoms with Gasteiger partial charge in [0.2, 0.25) is 11.8 Å². The number of amides is 2. The highest BCUT2D eigenvalue weighted by molar-refractivity contribution is 6.33. The summed E-state index contributed by atoms with van der Waals surface area (Å²) in [5, 5.41) is 5.54. The SMILES string of the molecule is CC(C)C(=O)NC(C)(C)C(=O)N[C@@H]1CCCN(c2ncc(C(F)(F)F)cc2Cl)C1. The van der Waals surface area contributed by atoms with Crippen molar-refractivity contribution >= 4 is 29.2 Å². The molecule has 1 saturated heterocycles. The van der Waals surface area contributed by atoms with Gasteiger partial charge in [-0.25, -0.2) is 4.98 Å². The van der Waals surface area contributed by atoms with E-state index in [1.807, 2.05) is 0 Å². The second-order valence-corrected chi connectivity index (χ2v) is 8.46. The molecule has 1 aliphatic rings. The van der Waals surface area contributed by atoms with Gasteiger partial charge in [0, 0.05) is 31.2 Å². The minimum Gasteiger partial charge on any atom is -0.353 e. The highest BCUT2D eigenvalue weighted by atomic mass is 35.5. The van der Waals surface area contributed by atoms with E-state index in [9.17, 15) is 22.8 Å². The fourth-order valence-electron chi connectivity index (χ4n) is 2.98. The molecule has 162 valence electrons. The first-order valence-corrected chi connectivity index (χ1v) is 9.79. The molecule has 1 fully saturated rings. The van der Waals surface area contributed by atoms with Gasteiger partial charge in [-0.15, -0.1) is 0 Å². The third-order valence-corrected chi connectivity index (χ3v) is 5.01. The van der Waals surface area contributed by atoms with E-state index in [2.05, 4.69) is 15.6 Å². The summed E-state index contributed by atoms with van der Waals surface area (Å²) in [7, 11) is 0. The predicted octanol–water partition coefficient (Wildman–Crippen LogP) is 3.39. The molecule has 0 spiro atoms. The normalized spacial score (nSPS) is 18.0. The van der Waals surface area contributed by atoms with Crippen molar-refractivity contribution in [2.45, 2.75) is 58.3 Å². The quantitative estimate of drug-likeness (QED) is 0.745. The second-order valence-electron chi connectivity index (χ2n) is 8.05. The van der Waals surface area contributed by atoms with Gasteiger partial charge in [0.1, 0.15) is 11.4 Å². The molecule has 2 rings (SSSR count). The summed E-state index contributed by atoms with van der Waals surface area (Å²) in [5.74, 6) is -0.549. The molecule has 0 aromatic carbocycles. The first-order valence-electron chi connectivity index (χ1n) is 9.42. The monoisotopic (exact) mass is 434 g/mol. The molecule has 10 heteroatoms. The summed E-state index contributed by atoms with van der Waals surface area (Å²) < 4.78 is 38.4. The van der Waals surface area contributed by atoms with E-state index in [1.165, 1.54) is 0 Å². The lowest BCUT2D eigenvalue weighted by Crippen LogP contribution is -2.59. The number of pyridine rings is 1. The van der Waals surface area contributed by atoms with Crippen LogP contribution in [0.4, 0.5) is 19.0 Å². The minimum absolute atomic E-state index is 0.0867. The van der Waals surface area contributed by atoms with Crippen molar-refractivity contribution in [3.63, 3.8) is 0 Å². The lowest BCUT2D eigenvalue weighted by atomic mass is 10.00. The number of carbonyl (C=O) groups excluding carboxylic acids is 2. The first-order chi connectivity index (χ1) is 13.3. The van der Waals surface area contributed by atoms with E-state index < -0.39 is 17.3 Å². The van der Waals surface area contributed by atoms with Crippen LogP contribution in [0.3, 0.4) is 0 Å². The minimum atomic E-state index is -4.51. The van der Waals surface area contributed by atoms with Gasteiger partial charge in [-0.2, -0.15) is 13.2 Å². The largest absolute Gasteiger partial charge is 0.417 e. The third kappa shape index (κ3) is 5.98. The van der Waals surface area contributed by atoms with Crippen LogP contribution in [0.25, 0.3) is 0 Å². The Labute approximate surface area is 173 Å². The highest BCUT2D eigenvalue weighted by Gasteiger charge is 2.34. The van der Waals surface area contributed by atoms with Crippen molar-refractivity contribution < 1.29 is 22.8 Å². The van der Waals surface area contributed by atoms with Crippen LogP contribution in [-0.2, 0) is 15.8 Å². The van der Waals surface area contributed by atoms with E-state index in [0.29, 0.717) is 25.9 Å². The van der Waals surface area contributed by atoms with Gasteiger partial charge < -0.3 is 15.5 Å². The molecule has 0 aliphatic carbocycles. The van der Waals surface area contributed by atoms with E-state index in [1.54, 1.807) is 32.6 Å². The van der Waals surface area contributed by atoms with Crippen molar-refractivity contribution in [1.29, 1.82) is 0 Å². The number of halogens is 4. The number of alkyl halides is 3. The summed E-state index contributed by atoms with van der Waals surface area (Å²) >= 11 is 6.04. The van der Waals surface area contributed by atoms with Gasteiger partial charge in [-0.3, -0.25) is 9.59 Å². The van der Waals surface area contributed by atoms with Crippen molar-refractivity contribution in [3.8, 4) is 0 Å². The topological polar surface area (TPSA) is 74.3 Å². The zero-order valence-corrected chi connectivity index (χ0v) is 17.6. The maximum absolute atomic E-state index is 12.8. The Morgan fingerprint density at radius 3 is 2.52 bits per heavy atom. The maximum Gasteiger partial charge on any atom is 0.417 e. The van der Waals surface area contributed by atoms with E-state index in [-0.39, 0.29) is 34.6 Å². The molecule has 6 nitrogen and oxygen atoms in total. The van der Waals surface area contributed by atoms with Crippen LogP contribution in [0.15, 0.2) is 12.3 Å². The Bertz CT molecular complexity index is 768. The van der Waals surface area contributed by atoms with Crippen LogP contribution < -0.4 is 15.5 Å². The van der Waals surface area contributed by atoms with Gasteiger partial charge in [-0.05, 0) is 32.8 Å². The lowest BCUT2D eigenvalue weighted by molar-refractivity contribution is -0.137. The molecule has 29 heavy (non-hydrogen) atoms. The van der Waals surface area contributed by atoms with Crippen LogP contribution in [0, 0.1) is 5.92 Å². The molecule has 1 atom stereocenters. The molecule has 2 heterocycles. The second kappa shape index (κ2) is 8.77. The van der Waals surface area contributed by atoms with E-state index in [0.717, 1.165) is 12.3 Å². The van der Waals surface area contributed by atoms with Gasteiger partial charge in [0.15, 0.2) is 0 Å². The molecule has 0 saturated carbocycles. The number of aromatic nitrogens is 1. The molecular weight excluding hydrogens is 409 g/mol. The molecule has 1 aliphatic heterocycles. The first kappa shape index (κ1) is 23.3. The summed E-state index contributed by atoms with van der Waals surface area (Å²) in [5.41, 5.74) is -2.00. The van der Waals surface area contributed by atoms with Crippen molar-refractivity contribution in [3.05, 3.63) is 22.8 Å². The molecule has 0 radical (unpaired) electrons.